The van der Waals surface area contributed by atoms with Gasteiger partial charge in [0.25, 0.3) is 0 Å². The van der Waals surface area contributed by atoms with Crippen molar-refractivity contribution < 1.29 is 13.5 Å². The molecule has 0 fully saturated rings. The summed E-state index contributed by atoms with van der Waals surface area (Å²) in [4.78, 5) is 0. The zero-order valence-corrected chi connectivity index (χ0v) is 12.8. The largest absolute Gasteiger partial charge is 0.455 e. The lowest BCUT2D eigenvalue weighted by atomic mass is 10.0. The van der Waals surface area contributed by atoms with Crippen LogP contribution in [0.3, 0.4) is 0 Å². The highest BCUT2D eigenvalue weighted by atomic mass is 35.5. The van der Waals surface area contributed by atoms with Crippen LogP contribution in [0.2, 0.25) is 5.15 Å². The van der Waals surface area contributed by atoms with E-state index in [1.165, 1.54) is 6.07 Å². The number of hydrogen-bond donors (Lipinski definition) is 0. The quantitative estimate of drug-likeness (QED) is 0.663. The van der Waals surface area contributed by atoms with Gasteiger partial charge in [-0.25, -0.2) is 8.78 Å². The molecule has 0 unspecified atom stereocenters. The molecule has 0 radical (unpaired) electrons. The van der Waals surface area contributed by atoms with E-state index in [-0.39, 0.29) is 22.0 Å². The summed E-state index contributed by atoms with van der Waals surface area (Å²) in [6.45, 7) is 1.63. The third kappa shape index (κ3) is 3.00. The first-order valence-electron chi connectivity index (χ1n) is 6.78. The molecule has 3 rings (SSSR count). The Morgan fingerprint density at radius 2 is 1.52 bits per heavy atom. The van der Waals surface area contributed by atoms with Crippen molar-refractivity contribution in [2.75, 3.05) is 0 Å². The van der Waals surface area contributed by atoms with Crippen LogP contribution in [0.1, 0.15) is 5.69 Å². The highest BCUT2D eigenvalue weighted by Gasteiger charge is 2.23. The molecule has 0 saturated carbocycles. The minimum atomic E-state index is -0.753. The monoisotopic (exact) mass is 332 g/mol. The lowest BCUT2D eigenvalue weighted by Gasteiger charge is -2.15. The number of ether oxygens (including phenoxy) is 1. The van der Waals surface area contributed by atoms with Crippen molar-refractivity contribution in [3.05, 3.63) is 71.0 Å². The van der Waals surface area contributed by atoms with Gasteiger partial charge >= 0.3 is 0 Å². The number of para-hydroxylation sites is 1. The van der Waals surface area contributed by atoms with Crippen molar-refractivity contribution >= 4 is 11.6 Å². The molecule has 3 nitrogen and oxygen atoms in total. The molecule has 3 aromatic rings. The van der Waals surface area contributed by atoms with Gasteiger partial charge in [-0.05, 0) is 31.2 Å². The van der Waals surface area contributed by atoms with Crippen LogP contribution in [0.15, 0.2) is 48.5 Å². The van der Waals surface area contributed by atoms with E-state index < -0.39 is 11.6 Å². The second kappa shape index (κ2) is 6.30. The highest BCUT2D eigenvalue weighted by Crippen LogP contribution is 2.41. The summed E-state index contributed by atoms with van der Waals surface area (Å²) in [5.41, 5.74) is 0.121. The van der Waals surface area contributed by atoms with Gasteiger partial charge in [-0.1, -0.05) is 35.9 Å². The number of aromatic nitrogens is 2. The molecule has 0 spiro atoms. The van der Waals surface area contributed by atoms with E-state index in [0.29, 0.717) is 11.4 Å². The highest BCUT2D eigenvalue weighted by molar-refractivity contribution is 6.32. The van der Waals surface area contributed by atoms with Crippen LogP contribution in [-0.2, 0) is 0 Å². The Morgan fingerprint density at radius 3 is 2.17 bits per heavy atom. The first-order chi connectivity index (χ1) is 11.1. The van der Waals surface area contributed by atoms with Gasteiger partial charge in [0.15, 0.2) is 10.9 Å². The van der Waals surface area contributed by atoms with Crippen molar-refractivity contribution in [1.82, 2.24) is 10.2 Å². The average Bonchev–Trinajstić information content (AvgIpc) is 2.54. The van der Waals surface area contributed by atoms with Gasteiger partial charge in [-0.15, -0.1) is 5.10 Å². The molecule has 0 N–H and O–H groups in total. The van der Waals surface area contributed by atoms with Crippen LogP contribution in [0.5, 0.6) is 11.5 Å². The van der Waals surface area contributed by atoms with Crippen molar-refractivity contribution in [2.24, 2.45) is 0 Å². The van der Waals surface area contributed by atoms with Crippen LogP contribution in [0, 0.1) is 18.6 Å². The predicted molar refractivity (Wildman–Crippen MR) is 83.6 cm³/mol. The standard InChI is InChI=1S/C17H11ClF2N2O/c1-10-16(23-11-6-3-2-4-7-11)15(17(18)22-21-10)14-12(19)8-5-9-13(14)20/h2-9H,1H3. The van der Waals surface area contributed by atoms with Gasteiger partial charge in [0, 0.05) is 0 Å². The van der Waals surface area contributed by atoms with Gasteiger partial charge in [0.05, 0.1) is 11.1 Å². The molecule has 23 heavy (non-hydrogen) atoms. The number of benzene rings is 2. The first-order valence-corrected chi connectivity index (χ1v) is 7.16. The van der Waals surface area contributed by atoms with Crippen molar-refractivity contribution in [2.45, 2.75) is 6.92 Å². The summed E-state index contributed by atoms with van der Waals surface area (Å²) < 4.78 is 34.1. The summed E-state index contributed by atoms with van der Waals surface area (Å²) in [5.74, 6) is -0.840. The molecule has 1 heterocycles. The molecule has 116 valence electrons. The summed E-state index contributed by atoms with van der Waals surface area (Å²) in [7, 11) is 0. The Bertz CT molecular complexity index is 836. The van der Waals surface area contributed by atoms with E-state index in [0.717, 1.165) is 12.1 Å². The van der Waals surface area contributed by atoms with Crippen LogP contribution in [-0.4, -0.2) is 10.2 Å². The van der Waals surface area contributed by atoms with Crippen LogP contribution in [0.25, 0.3) is 11.1 Å². The number of hydrogen-bond acceptors (Lipinski definition) is 3. The van der Waals surface area contributed by atoms with E-state index in [2.05, 4.69) is 10.2 Å². The molecule has 0 bridgehead atoms. The van der Waals surface area contributed by atoms with Gasteiger partial charge in [0.2, 0.25) is 0 Å². The summed E-state index contributed by atoms with van der Waals surface area (Å²) >= 11 is 6.06. The van der Waals surface area contributed by atoms with Crippen LogP contribution < -0.4 is 4.74 Å². The molecule has 0 aliphatic rings. The van der Waals surface area contributed by atoms with Crippen molar-refractivity contribution in [3.63, 3.8) is 0 Å². The number of nitrogens with zero attached hydrogens (tertiary/aromatic N) is 2. The SMILES string of the molecule is Cc1nnc(Cl)c(-c2c(F)cccc2F)c1Oc1ccccc1. The summed E-state index contributed by atoms with van der Waals surface area (Å²) in [5, 5.41) is 7.48. The molecule has 0 amide bonds. The Morgan fingerprint density at radius 1 is 0.870 bits per heavy atom. The number of rotatable bonds is 3. The molecule has 2 aromatic carbocycles. The summed E-state index contributed by atoms with van der Waals surface area (Å²) in [6.07, 6.45) is 0. The predicted octanol–water partition coefficient (Wildman–Crippen LogP) is 5.18. The fourth-order valence-corrected chi connectivity index (χ4v) is 2.39. The zero-order valence-electron chi connectivity index (χ0n) is 12.1. The van der Waals surface area contributed by atoms with E-state index in [1.807, 2.05) is 6.07 Å². The molecule has 0 aliphatic carbocycles. The van der Waals surface area contributed by atoms with E-state index in [4.69, 9.17) is 16.3 Å². The third-order valence-electron chi connectivity index (χ3n) is 3.23. The zero-order chi connectivity index (χ0) is 16.4. The molecular weight excluding hydrogens is 322 g/mol. The fourth-order valence-electron chi connectivity index (χ4n) is 2.17. The van der Waals surface area contributed by atoms with E-state index in [9.17, 15) is 8.78 Å². The maximum Gasteiger partial charge on any atom is 0.163 e. The number of aryl methyl sites for hydroxylation is 1. The van der Waals surface area contributed by atoms with Crippen molar-refractivity contribution in [1.29, 1.82) is 0 Å². The second-order valence-electron chi connectivity index (χ2n) is 4.79. The Hall–Kier alpha value is -2.53. The lowest BCUT2D eigenvalue weighted by Crippen LogP contribution is -2.01. The van der Waals surface area contributed by atoms with Gasteiger partial charge in [0.1, 0.15) is 23.1 Å². The molecule has 0 atom stereocenters. The van der Waals surface area contributed by atoms with Gasteiger partial charge in [-0.2, -0.15) is 5.10 Å². The first kappa shape index (κ1) is 15.4. The van der Waals surface area contributed by atoms with Gasteiger partial charge < -0.3 is 4.74 Å². The Labute approximate surface area is 136 Å². The fraction of sp³-hybridized carbons (Fsp3) is 0.0588. The third-order valence-corrected chi connectivity index (χ3v) is 3.49. The van der Waals surface area contributed by atoms with Gasteiger partial charge in [-0.3, -0.25) is 0 Å². The van der Waals surface area contributed by atoms with Crippen molar-refractivity contribution in [3.8, 4) is 22.6 Å². The molecule has 1 aromatic heterocycles. The second-order valence-corrected chi connectivity index (χ2v) is 5.15. The molecule has 0 saturated heterocycles. The molecule has 0 aliphatic heterocycles. The van der Waals surface area contributed by atoms with Crippen LogP contribution in [0.4, 0.5) is 8.78 Å². The van der Waals surface area contributed by atoms with E-state index in [1.54, 1.807) is 31.2 Å². The number of halogens is 3. The van der Waals surface area contributed by atoms with Crippen LogP contribution >= 0.6 is 11.6 Å². The minimum absolute atomic E-state index is 0.0404. The molecular formula is C17H11ClF2N2O. The molecule has 6 heteroatoms. The normalized spacial score (nSPS) is 10.6. The maximum atomic E-state index is 14.2. The van der Waals surface area contributed by atoms with E-state index >= 15 is 0 Å². The Kier molecular flexibility index (Phi) is 4.21. The minimum Gasteiger partial charge on any atom is -0.455 e. The topological polar surface area (TPSA) is 35.0 Å². The Balaban J connectivity index is 2.23. The average molecular weight is 333 g/mol. The summed E-state index contributed by atoms with van der Waals surface area (Å²) in [6, 6.07) is 12.4. The maximum absolute atomic E-state index is 14.2. The smallest absolute Gasteiger partial charge is 0.163 e. The lowest BCUT2D eigenvalue weighted by molar-refractivity contribution is 0.474.